The van der Waals surface area contributed by atoms with Crippen LogP contribution in [0, 0.1) is 12.8 Å². The maximum atomic E-state index is 12.6. The van der Waals surface area contributed by atoms with Gasteiger partial charge in [0.05, 0.1) is 0 Å². The van der Waals surface area contributed by atoms with Gasteiger partial charge in [0, 0.05) is 17.3 Å². The lowest BCUT2D eigenvalue weighted by molar-refractivity contribution is -0.123. The highest BCUT2D eigenvalue weighted by molar-refractivity contribution is 5.96. The highest BCUT2D eigenvalue weighted by Crippen LogP contribution is 2.20. The summed E-state index contributed by atoms with van der Waals surface area (Å²) in [4.78, 5) is 24.4. The maximum Gasteiger partial charge on any atom is 0.265 e. The third-order valence-electron chi connectivity index (χ3n) is 3.95. The monoisotopic (exact) mass is 354 g/mol. The molecule has 0 aliphatic rings. The van der Waals surface area contributed by atoms with Crippen LogP contribution >= 0.6 is 0 Å². The number of rotatable bonds is 7. The molecule has 26 heavy (non-hydrogen) atoms. The summed E-state index contributed by atoms with van der Waals surface area (Å²) in [6.45, 7) is 7.51. The molecular weight excluding hydrogens is 328 g/mol. The Morgan fingerprint density at radius 2 is 1.58 bits per heavy atom. The average molecular weight is 354 g/mol. The lowest BCUT2D eigenvalue weighted by atomic mass is 10.2. The second-order valence-corrected chi connectivity index (χ2v) is 6.49. The zero-order valence-corrected chi connectivity index (χ0v) is 15.7. The second kappa shape index (κ2) is 9.04. The predicted molar refractivity (Wildman–Crippen MR) is 104 cm³/mol. The van der Waals surface area contributed by atoms with Gasteiger partial charge >= 0.3 is 0 Å². The van der Waals surface area contributed by atoms with E-state index in [2.05, 4.69) is 10.6 Å². The minimum atomic E-state index is -0.593. The van der Waals surface area contributed by atoms with Crippen LogP contribution in [0.15, 0.2) is 48.5 Å². The third kappa shape index (κ3) is 5.34. The molecule has 0 saturated carbocycles. The summed E-state index contributed by atoms with van der Waals surface area (Å²) in [7, 11) is 0. The summed E-state index contributed by atoms with van der Waals surface area (Å²) < 4.78 is 5.87. The SMILES string of the molecule is CCC(Oc1ccccc1C)C(=O)Nc1cccc(NC(=O)C(C)C)c1. The molecule has 5 nitrogen and oxygen atoms in total. The molecule has 0 bridgehead atoms. The number of amides is 2. The lowest BCUT2D eigenvalue weighted by Crippen LogP contribution is -2.32. The Hall–Kier alpha value is -2.82. The molecule has 0 saturated heterocycles. The highest BCUT2D eigenvalue weighted by atomic mass is 16.5. The van der Waals surface area contributed by atoms with Crippen LogP contribution in [-0.4, -0.2) is 17.9 Å². The quantitative estimate of drug-likeness (QED) is 0.775. The van der Waals surface area contributed by atoms with Crippen LogP contribution in [0.4, 0.5) is 11.4 Å². The molecule has 0 spiro atoms. The van der Waals surface area contributed by atoms with E-state index in [4.69, 9.17) is 4.74 Å². The number of anilines is 2. The summed E-state index contributed by atoms with van der Waals surface area (Å²) >= 11 is 0. The Morgan fingerprint density at radius 1 is 0.962 bits per heavy atom. The number of carbonyl (C=O) groups excluding carboxylic acids is 2. The van der Waals surface area contributed by atoms with Gasteiger partial charge in [-0.2, -0.15) is 0 Å². The van der Waals surface area contributed by atoms with Crippen molar-refractivity contribution in [1.82, 2.24) is 0 Å². The van der Waals surface area contributed by atoms with Gasteiger partial charge < -0.3 is 15.4 Å². The molecule has 138 valence electrons. The van der Waals surface area contributed by atoms with E-state index < -0.39 is 6.10 Å². The van der Waals surface area contributed by atoms with Crippen molar-refractivity contribution in [3.8, 4) is 5.75 Å². The van der Waals surface area contributed by atoms with E-state index in [1.807, 2.05) is 52.0 Å². The Balaban J connectivity index is 2.05. The molecule has 0 aliphatic carbocycles. The van der Waals surface area contributed by atoms with Crippen molar-refractivity contribution >= 4 is 23.2 Å². The van der Waals surface area contributed by atoms with Crippen molar-refractivity contribution in [3.63, 3.8) is 0 Å². The second-order valence-electron chi connectivity index (χ2n) is 6.49. The summed E-state index contributed by atoms with van der Waals surface area (Å²) in [5.74, 6) is 0.304. The molecule has 0 radical (unpaired) electrons. The van der Waals surface area contributed by atoms with Crippen LogP contribution in [-0.2, 0) is 9.59 Å². The number of ether oxygens (including phenoxy) is 1. The van der Waals surface area contributed by atoms with E-state index >= 15 is 0 Å². The fourth-order valence-electron chi connectivity index (χ4n) is 2.35. The molecule has 2 N–H and O–H groups in total. The first-order valence-corrected chi connectivity index (χ1v) is 8.84. The van der Waals surface area contributed by atoms with Crippen molar-refractivity contribution in [2.45, 2.75) is 40.2 Å². The number of hydrogen-bond donors (Lipinski definition) is 2. The summed E-state index contributed by atoms with van der Waals surface area (Å²) in [5, 5.41) is 5.68. The molecule has 5 heteroatoms. The number of benzene rings is 2. The fourth-order valence-corrected chi connectivity index (χ4v) is 2.35. The minimum Gasteiger partial charge on any atom is -0.480 e. The van der Waals surface area contributed by atoms with Gasteiger partial charge in [0.25, 0.3) is 5.91 Å². The maximum absolute atomic E-state index is 12.6. The number of para-hydroxylation sites is 1. The van der Waals surface area contributed by atoms with E-state index in [9.17, 15) is 9.59 Å². The first-order valence-electron chi connectivity index (χ1n) is 8.84. The number of aryl methyl sites for hydroxylation is 1. The molecule has 0 aromatic heterocycles. The van der Waals surface area contributed by atoms with Crippen LogP contribution in [0.25, 0.3) is 0 Å². The first kappa shape index (κ1) is 19.5. The molecule has 0 heterocycles. The zero-order chi connectivity index (χ0) is 19.1. The summed E-state index contributed by atoms with van der Waals surface area (Å²) in [6, 6.07) is 14.7. The molecule has 0 fully saturated rings. The van der Waals surface area contributed by atoms with Crippen molar-refractivity contribution < 1.29 is 14.3 Å². The van der Waals surface area contributed by atoms with Crippen molar-refractivity contribution in [1.29, 1.82) is 0 Å². The van der Waals surface area contributed by atoms with Crippen LogP contribution in [0.1, 0.15) is 32.8 Å². The number of nitrogens with one attached hydrogen (secondary N) is 2. The number of hydrogen-bond acceptors (Lipinski definition) is 3. The van der Waals surface area contributed by atoms with Crippen LogP contribution in [0.3, 0.4) is 0 Å². The van der Waals surface area contributed by atoms with Crippen molar-refractivity contribution in [2.24, 2.45) is 5.92 Å². The molecule has 2 amide bonds. The van der Waals surface area contributed by atoms with Gasteiger partial charge in [-0.25, -0.2) is 0 Å². The summed E-state index contributed by atoms with van der Waals surface area (Å²) in [6.07, 6.45) is -0.0470. The average Bonchev–Trinajstić information content (AvgIpc) is 2.61. The van der Waals surface area contributed by atoms with E-state index in [0.29, 0.717) is 23.5 Å². The Morgan fingerprint density at radius 3 is 2.15 bits per heavy atom. The Labute approximate surface area is 154 Å². The van der Waals surface area contributed by atoms with Crippen LogP contribution in [0.5, 0.6) is 5.75 Å². The van der Waals surface area contributed by atoms with E-state index in [-0.39, 0.29) is 17.7 Å². The van der Waals surface area contributed by atoms with E-state index in [1.165, 1.54) is 0 Å². The van der Waals surface area contributed by atoms with Gasteiger partial charge in [0.1, 0.15) is 5.75 Å². The minimum absolute atomic E-state index is 0.0669. The van der Waals surface area contributed by atoms with Gasteiger partial charge in [-0.05, 0) is 43.2 Å². The van der Waals surface area contributed by atoms with E-state index in [1.54, 1.807) is 24.3 Å². The molecule has 0 aliphatic heterocycles. The normalized spacial score (nSPS) is 11.7. The lowest BCUT2D eigenvalue weighted by Gasteiger charge is -2.19. The van der Waals surface area contributed by atoms with Gasteiger partial charge in [-0.3, -0.25) is 9.59 Å². The topological polar surface area (TPSA) is 67.4 Å². The fraction of sp³-hybridized carbons (Fsp3) is 0.333. The van der Waals surface area contributed by atoms with Gasteiger partial charge in [0.15, 0.2) is 6.10 Å². The van der Waals surface area contributed by atoms with Crippen molar-refractivity contribution in [2.75, 3.05) is 10.6 Å². The molecule has 2 aromatic rings. The third-order valence-corrected chi connectivity index (χ3v) is 3.95. The first-order chi connectivity index (χ1) is 12.4. The Bertz CT molecular complexity index is 771. The van der Waals surface area contributed by atoms with Gasteiger partial charge in [0.2, 0.25) is 5.91 Å². The van der Waals surface area contributed by atoms with Crippen molar-refractivity contribution in [3.05, 3.63) is 54.1 Å². The molecular formula is C21H26N2O3. The number of carbonyl (C=O) groups is 2. The largest absolute Gasteiger partial charge is 0.480 e. The Kier molecular flexibility index (Phi) is 6.78. The van der Waals surface area contributed by atoms with Crippen LogP contribution in [0.2, 0.25) is 0 Å². The van der Waals surface area contributed by atoms with E-state index in [0.717, 1.165) is 5.56 Å². The molecule has 1 atom stereocenters. The molecule has 2 rings (SSSR count). The predicted octanol–water partition coefficient (Wildman–Crippen LogP) is 4.39. The summed E-state index contributed by atoms with van der Waals surface area (Å²) in [5.41, 5.74) is 2.25. The van der Waals surface area contributed by atoms with Crippen LogP contribution < -0.4 is 15.4 Å². The standard InChI is InChI=1S/C21H26N2O3/c1-5-18(26-19-12-7-6-9-15(19)4)21(25)23-17-11-8-10-16(13-17)22-20(24)14(2)3/h6-14,18H,5H2,1-4H3,(H,22,24)(H,23,25). The smallest absolute Gasteiger partial charge is 0.265 e. The van der Waals surface area contributed by atoms with Gasteiger partial charge in [-0.15, -0.1) is 0 Å². The molecule has 1 unspecified atom stereocenters. The zero-order valence-electron chi connectivity index (χ0n) is 15.7. The molecule has 2 aromatic carbocycles. The highest BCUT2D eigenvalue weighted by Gasteiger charge is 2.19. The van der Waals surface area contributed by atoms with Gasteiger partial charge in [-0.1, -0.05) is 45.0 Å².